The van der Waals surface area contributed by atoms with Crippen LogP contribution in [0.25, 0.3) is 0 Å². The fraction of sp³-hybridized carbons (Fsp3) is 0.143. The van der Waals surface area contributed by atoms with Gasteiger partial charge in [-0.05, 0) is 11.1 Å². The van der Waals surface area contributed by atoms with Crippen LogP contribution in [-0.4, -0.2) is 0 Å². The topological polar surface area (TPSA) is 43.2 Å². The Balaban J connectivity index is 1.64. The van der Waals surface area contributed by atoms with Crippen molar-refractivity contribution in [2.45, 2.75) is 13.2 Å². The summed E-state index contributed by atoms with van der Waals surface area (Å²) in [4.78, 5) is 9.98. The van der Waals surface area contributed by atoms with Gasteiger partial charge >= 0.3 is 0 Å². The quantitative estimate of drug-likeness (QED) is 0.572. The van der Waals surface area contributed by atoms with Gasteiger partial charge in [0.2, 0.25) is 0 Å². The molecule has 0 aliphatic heterocycles. The van der Waals surface area contributed by atoms with Gasteiger partial charge in [-0.2, -0.15) is 0 Å². The third-order valence-electron chi connectivity index (χ3n) is 2.30. The first-order chi connectivity index (χ1) is 8.95. The molecule has 4 nitrogen and oxygen atoms in total. The van der Waals surface area contributed by atoms with Crippen LogP contribution in [0.3, 0.4) is 0 Å². The molecule has 0 saturated heterocycles. The maximum atomic E-state index is 4.99. The summed E-state index contributed by atoms with van der Waals surface area (Å²) in [5.74, 6) is 0. The van der Waals surface area contributed by atoms with Crippen LogP contribution in [-0.2, 0) is 22.9 Å². The highest BCUT2D eigenvalue weighted by Crippen LogP contribution is 2.02. The van der Waals surface area contributed by atoms with Crippen LogP contribution in [0.1, 0.15) is 11.1 Å². The monoisotopic (exact) mass is 242 g/mol. The third kappa shape index (κ3) is 4.25. The van der Waals surface area contributed by atoms with Gasteiger partial charge in [-0.15, -0.1) is 0 Å². The van der Waals surface area contributed by atoms with E-state index < -0.39 is 0 Å². The summed E-state index contributed by atoms with van der Waals surface area (Å²) in [6, 6.07) is 19.5. The third-order valence-corrected chi connectivity index (χ3v) is 2.30. The van der Waals surface area contributed by atoms with Crippen LogP contribution in [0.15, 0.2) is 71.2 Å². The molecule has 0 N–H and O–H groups in total. The Kier molecular flexibility index (Phi) is 4.75. The number of rotatable bonds is 6. The molecule has 18 heavy (non-hydrogen) atoms. The van der Waals surface area contributed by atoms with E-state index in [0.717, 1.165) is 11.1 Å². The van der Waals surface area contributed by atoms with Crippen LogP contribution in [0.4, 0.5) is 0 Å². The van der Waals surface area contributed by atoms with E-state index in [-0.39, 0.29) is 0 Å². The number of hydrogen-bond donors (Lipinski definition) is 0. The van der Waals surface area contributed by atoms with Gasteiger partial charge in [0.25, 0.3) is 0 Å². The molecule has 0 amide bonds. The lowest BCUT2D eigenvalue weighted by Crippen LogP contribution is -1.87. The molecular weight excluding hydrogens is 228 g/mol. The van der Waals surface area contributed by atoms with E-state index in [1.807, 2.05) is 60.7 Å². The second kappa shape index (κ2) is 7.06. The zero-order chi connectivity index (χ0) is 12.5. The number of benzene rings is 2. The lowest BCUT2D eigenvalue weighted by Gasteiger charge is -1.99. The molecule has 0 aliphatic carbocycles. The molecule has 2 aromatic carbocycles. The average Bonchev–Trinajstić information content (AvgIpc) is 2.45. The van der Waals surface area contributed by atoms with Gasteiger partial charge in [0.15, 0.2) is 0 Å². The van der Waals surface area contributed by atoms with Crippen molar-refractivity contribution in [1.82, 2.24) is 0 Å². The van der Waals surface area contributed by atoms with Gasteiger partial charge in [-0.3, -0.25) is 0 Å². The van der Waals surface area contributed by atoms with Crippen molar-refractivity contribution >= 4 is 0 Å². The fourth-order valence-electron chi connectivity index (χ4n) is 1.40. The molecule has 2 aromatic rings. The van der Waals surface area contributed by atoms with Crippen LogP contribution < -0.4 is 0 Å². The molecule has 0 unspecified atom stereocenters. The maximum absolute atomic E-state index is 4.99. The summed E-state index contributed by atoms with van der Waals surface area (Å²) in [5.41, 5.74) is 2.08. The van der Waals surface area contributed by atoms with Crippen LogP contribution in [0.5, 0.6) is 0 Å². The van der Waals surface area contributed by atoms with Crippen molar-refractivity contribution in [2.24, 2.45) is 10.6 Å². The summed E-state index contributed by atoms with van der Waals surface area (Å²) in [7, 11) is 0. The smallest absolute Gasteiger partial charge is 0.144 e. The van der Waals surface area contributed by atoms with E-state index in [1.54, 1.807) is 0 Å². The lowest BCUT2D eigenvalue weighted by atomic mass is 10.2. The summed E-state index contributed by atoms with van der Waals surface area (Å²) in [5, 5.41) is 6.97. The van der Waals surface area contributed by atoms with Crippen molar-refractivity contribution in [3.63, 3.8) is 0 Å². The van der Waals surface area contributed by atoms with E-state index in [9.17, 15) is 0 Å². The zero-order valence-electron chi connectivity index (χ0n) is 9.90. The maximum Gasteiger partial charge on any atom is 0.144 e. The van der Waals surface area contributed by atoms with Crippen LogP contribution in [0, 0.1) is 0 Å². The second-order valence-electron chi connectivity index (χ2n) is 3.68. The van der Waals surface area contributed by atoms with Crippen LogP contribution in [0.2, 0.25) is 0 Å². The highest BCUT2D eigenvalue weighted by Gasteiger charge is 1.91. The van der Waals surface area contributed by atoms with Crippen molar-refractivity contribution < 1.29 is 9.68 Å². The lowest BCUT2D eigenvalue weighted by molar-refractivity contribution is 0.0269. The molecule has 0 aliphatic rings. The predicted octanol–water partition coefficient (Wildman–Crippen LogP) is 3.70. The van der Waals surface area contributed by atoms with Gasteiger partial charge in [0, 0.05) is 0 Å². The first kappa shape index (κ1) is 12.1. The van der Waals surface area contributed by atoms with Crippen molar-refractivity contribution in [3.8, 4) is 0 Å². The van der Waals surface area contributed by atoms with Crippen molar-refractivity contribution in [3.05, 3.63) is 71.8 Å². The predicted molar refractivity (Wildman–Crippen MR) is 67.3 cm³/mol. The number of hydrogen-bond acceptors (Lipinski definition) is 4. The second-order valence-corrected chi connectivity index (χ2v) is 3.68. The number of nitrogens with zero attached hydrogens (tertiary/aromatic N) is 2. The van der Waals surface area contributed by atoms with Gasteiger partial charge in [-0.1, -0.05) is 60.7 Å². The molecule has 2 rings (SSSR count). The highest BCUT2D eigenvalue weighted by molar-refractivity contribution is 5.13. The van der Waals surface area contributed by atoms with E-state index >= 15 is 0 Å². The van der Waals surface area contributed by atoms with E-state index in [0.29, 0.717) is 13.2 Å². The molecule has 0 atom stereocenters. The first-order valence-electron chi connectivity index (χ1n) is 5.67. The summed E-state index contributed by atoms with van der Waals surface area (Å²) in [6.07, 6.45) is 0. The molecule has 0 radical (unpaired) electrons. The highest BCUT2D eigenvalue weighted by atomic mass is 16.7. The molecule has 0 bridgehead atoms. The molecule has 0 saturated carbocycles. The van der Waals surface area contributed by atoms with Gasteiger partial charge in [0.1, 0.15) is 13.2 Å². The minimum Gasteiger partial charge on any atom is -0.372 e. The molecule has 0 fully saturated rings. The Labute approximate surface area is 106 Å². The zero-order valence-corrected chi connectivity index (χ0v) is 9.90. The van der Waals surface area contributed by atoms with E-state index in [1.165, 1.54) is 0 Å². The average molecular weight is 242 g/mol. The standard InChI is InChI=1S/C14H14N2O2/c1-3-7-13(8-4-1)11-17-15-16-18-12-14-9-5-2-6-10-14/h1-10H,11-12H2. The first-order valence-corrected chi connectivity index (χ1v) is 5.67. The summed E-state index contributed by atoms with van der Waals surface area (Å²) < 4.78 is 0. The summed E-state index contributed by atoms with van der Waals surface area (Å²) >= 11 is 0. The molecule has 4 heteroatoms. The molecule has 0 aromatic heterocycles. The van der Waals surface area contributed by atoms with Crippen molar-refractivity contribution in [2.75, 3.05) is 0 Å². The SMILES string of the molecule is c1ccc(CON=NOCc2ccccc2)cc1. The molecular formula is C14H14N2O2. The Morgan fingerprint density at radius 1 is 0.611 bits per heavy atom. The Morgan fingerprint density at radius 2 is 1.00 bits per heavy atom. The molecule has 0 spiro atoms. The normalized spacial score (nSPS) is 10.4. The molecule has 0 heterocycles. The largest absolute Gasteiger partial charge is 0.372 e. The molecule has 92 valence electrons. The Hall–Kier alpha value is -2.36. The van der Waals surface area contributed by atoms with E-state index in [4.69, 9.17) is 9.68 Å². The van der Waals surface area contributed by atoms with E-state index in [2.05, 4.69) is 10.6 Å². The van der Waals surface area contributed by atoms with Gasteiger partial charge < -0.3 is 9.68 Å². The Morgan fingerprint density at radius 3 is 1.39 bits per heavy atom. The minimum atomic E-state index is 0.388. The van der Waals surface area contributed by atoms with Gasteiger partial charge in [0.05, 0.1) is 10.6 Å². The Bertz CT molecular complexity index is 426. The minimum absolute atomic E-state index is 0.388. The van der Waals surface area contributed by atoms with Crippen molar-refractivity contribution in [1.29, 1.82) is 0 Å². The summed E-state index contributed by atoms with van der Waals surface area (Å²) in [6.45, 7) is 0.776. The fourth-order valence-corrected chi connectivity index (χ4v) is 1.40. The van der Waals surface area contributed by atoms with Crippen LogP contribution >= 0.6 is 0 Å². The van der Waals surface area contributed by atoms with Gasteiger partial charge in [-0.25, -0.2) is 0 Å².